The summed E-state index contributed by atoms with van der Waals surface area (Å²) in [5.74, 6) is -2.42. The number of carboxylic acid groups (broad SMARTS) is 3. The summed E-state index contributed by atoms with van der Waals surface area (Å²) in [4.78, 5) is 29.9. The summed E-state index contributed by atoms with van der Waals surface area (Å²) in [6.45, 7) is 8.52. The van der Waals surface area contributed by atoms with E-state index in [1.165, 1.54) is 0 Å². The van der Waals surface area contributed by atoms with Gasteiger partial charge in [-0.3, -0.25) is 14.4 Å². The second-order valence-corrected chi connectivity index (χ2v) is 6.77. The lowest BCUT2D eigenvalue weighted by molar-refractivity contribution is -0.139. The molecule has 7 nitrogen and oxygen atoms in total. The van der Waals surface area contributed by atoms with Crippen LogP contribution in [0.5, 0.6) is 0 Å². The number of carboxylic acids is 3. The van der Waals surface area contributed by atoms with Crippen molar-refractivity contribution in [2.75, 3.05) is 13.2 Å². The van der Waals surface area contributed by atoms with E-state index in [-0.39, 0.29) is 12.8 Å². The van der Waals surface area contributed by atoms with Gasteiger partial charge in [0.15, 0.2) is 0 Å². The SMILES string of the molecule is C1CO1.CC(C)(C)CCCCC(=O)O.O=C(O)CCCCC(=O)O. The van der Waals surface area contributed by atoms with Crippen LogP contribution in [0.1, 0.15) is 72.1 Å². The van der Waals surface area contributed by atoms with Gasteiger partial charge < -0.3 is 20.1 Å². The summed E-state index contributed by atoms with van der Waals surface area (Å²) in [6.07, 6.45) is 4.28. The van der Waals surface area contributed by atoms with Gasteiger partial charge in [0.25, 0.3) is 0 Å². The maximum atomic E-state index is 10.1. The molecule has 7 heteroatoms. The number of unbranched alkanes of at least 4 members (excludes halogenated alkanes) is 2. The number of rotatable bonds is 9. The van der Waals surface area contributed by atoms with E-state index in [0.29, 0.717) is 24.7 Å². The molecule has 3 N–H and O–H groups in total. The lowest BCUT2D eigenvalue weighted by Crippen LogP contribution is -2.04. The van der Waals surface area contributed by atoms with Crippen LogP contribution in [0.2, 0.25) is 0 Å². The first-order valence-corrected chi connectivity index (χ1v) is 8.27. The average Bonchev–Trinajstić information content (AvgIpc) is 3.27. The van der Waals surface area contributed by atoms with Gasteiger partial charge in [-0.15, -0.1) is 0 Å². The van der Waals surface area contributed by atoms with Crippen LogP contribution in [0.3, 0.4) is 0 Å². The van der Waals surface area contributed by atoms with Gasteiger partial charge in [-0.25, -0.2) is 0 Å². The van der Waals surface area contributed by atoms with E-state index in [1.54, 1.807) is 0 Å². The first-order chi connectivity index (χ1) is 11.0. The van der Waals surface area contributed by atoms with Crippen LogP contribution < -0.4 is 0 Å². The highest BCUT2D eigenvalue weighted by Crippen LogP contribution is 2.21. The van der Waals surface area contributed by atoms with Crippen molar-refractivity contribution in [3.63, 3.8) is 0 Å². The second-order valence-electron chi connectivity index (χ2n) is 6.77. The Bertz CT molecular complexity index is 338. The Kier molecular flexibility index (Phi) is 15.3. The zero-order valence-corrected chi connectivity index (χ0v) is 15.0. The molecule has 0 atom stereocenters. The molecule has 1 heterocycles. The summed E-state index contributed by atoms with van der Waals surface area (Å²) in [7, 11) is 0. The predicted octanol–water partition coefficient (Wildman–Crippen LogP) is 3.41. The summed E-state index contributed by atoms with van der Waals surface area (Å²) < 4.78 is 4.50. The Balaban J connectivity index is 0. The van der Waals surface area contributed by atoms with E-state index in [9.17, 15) is 14.4 Å². The minimum Gasteiger partial charge on any atom is -0.481 e. The van der Waals surface area contributed by atoms with Crippen molar-refractivity contribution in [3.8, 4) is 0 Å². The summed E-state index contributed by atoms with van der Waals surface area (Å²) in [5.41, 5.74) is 0.346. The molecule has 142 valence electrons. The molecule has 0 amide bonds. The molecule has 0 aromatic carbocycles. The Hall–Kier alpha value is -1.63. The van der Waals surface area contributed by atoms with E-state index in [4.69, 9.17) is 15.3 Å². The molecule has 0 saturated carbocycles. The highest BCUT2D eigenvalue weighted by atomic mass is 16.6. The van der Waals surface area contributed by atoms with E-state index in [1.807, 2.05) is 0 Å². The van der Waals surface area contributed by atoms with Crippen molar-refractivity contribution in [2.45, 2.75) is 72.1 Å². The van der Waals surface area contributed by atoms with Gasteiger partial charge in [0.05, 0.1) is 13.2 Å². The van der Waals surface area contributed by atoms with E-state index >= 15 is 0 Å². The van der Waals surface area contributed by atoms with E-state index < -0.39 is 17.9 Å². The van der Waals surface area contributed by atoms with Crippen LogP contribution in [0.4, 0.5) is 0 Å². The smallest absolute Gasteiger partial charge is 0.303 e. The van der Waals surface area contributed by atoms with Gasteiger partial charge in [-0.1, -0.05) is 27.2 Å². The summed E-state index contributed by atoms with van der Waals surface area (Å²) >= 11 is 0. The zero-order chi connectivity index (χ0) is 19.0. The molecule has 0 radical (unpaired) electrons. The molecule has 0 spiro atoms. The minimum absolute atomic E-state index is 0.0628. The van der Waals surface area contributed by atoms with Gasteiger partial charge in [-0.05, 0) is 31.1 Å². The third-order valence-corrected chi connectivity index (χ3v) is 2.80. The molecule has 0 unspecified atom stereocenters. The van der Waals surface area contributed by atoms with Crippen LogP contribution >= 0.6 is 0 Å². The first kappa shape index (κ1) is 24.6. The molecular weight excluding hydrogens is 316 g/mol. The van der Waals surface area contributed by atoms with Gasteiger partial charge in [0.2, 0.25) is 0 Å². The van der Waals surface area contributed by atoms with Crippen molar-refractivity contribution in [1.82, 2.24) is 0 Å². The van der Waals surface area contributed by atoms with Crippen LogP contribution in [0.25, 0.3) is 0 Å². The highest BCUT2D eigenvalue weighted by molar-refractivity contribution is 5.68. The highest BCUT2D eigenvalue weighted by Gasteiger charge is 2.09. The quantitative estimate of drug-likeness (QED) is 0.431. The molecule has 1 saturated heterocycles. The standard InChI is InChI=1S/C9H18O2.C6H10O4.C2H4O/c1-9(2,3)7-5-4-6-8(10)11;7-5(8)3-1-2-4-6(9)10;1-2-3-1/h4-7H2,1-3H3,(H,10,11);1-4H2,(H,7,8)(H,9,10);1-2H2. The molecule has 0 aromatic heterocycles. The minimum atomic E-state index is -0.870. The molecule has 1 fully saturated rings. The van der Waals surface area contributed by atoms with E-state index in [0.717, 1.165) is 32.5 Å². The van der Waals surface area contributed by atoms with Crippen LogP contribution in [-0.4, -0.2) is 46.4 Å². The molecule has 0 bridgehead atoms. The van der Waals surface area contributed by atoms with Gasteiger partial charge in [0.1, 0.15) is 0 Å². The predicted molar refractivity (Wildman–Crippen MR) is 90.1 cm³/mol. The van der Waals surface area contributed by atoms with Crippen molar-refractivity contribution in [1.29, 1.82) is 0 Å². The summed E-state index contributed by atoms with van der Waals surface area (Å²) in [5, 5.41) is 24.6. The van der Waals surface area contributed by atoms with Gasteiger partial charge in [-0.2, -0.15) is 0 Å². The maximum absolute atomic E-state index is 10.1. The van der Waals surface area contributed by atoms with Crippen molar-refractivity contribution < 1.29 is 34.4 Å². The zero-order valence-electron chi connectivity index (χ0n) is 15.0. The Labute approximate surface area is 144 Å². The molecule has 1 aliphatic rings. The number of aliphatic carboxylic acids is 3. The normalized spacial score (nSPS) is 12.1. The number of carbonyl (C=O) groups is 3. The lowest BCUT2D eigenvalue weighted by atomic mass is 9.89. The van der Waals surface area contributed by atoms with Crippen LogP contribution in [0.15, 0.2) is 0 Å². The number of hydrogen-bond donors (Lipinski definition) is 3. The lowest BCUT2D eigenvalue weighted by Gasteiger charge is -2.16. The maximum Gasteiger partial charge on any atom is 0.303 e. The van der Waals surface area contributed by atoms with Crippen LogP contribution in [0, 0.1) is 5.41 Å². The number of ether oxygens (including phenoxy) is 1. The molecule has 1 aliphatic heterocycles. The fourth-order valence-electron chi connectivity index (χ4n) is 1.48. The average molecular weight is 348 g/mol. The Morgan fingerprint density at radius 2 is 1.04 bits per heavy atom. The molecular formula is C17H32O7. The second kappa shape index (κ2) is 14.9. The Morgan fingerprint density at radius 1 is 0.750 bits per heavy atom. The Morgan fingerprint density at radius 3 is 1.25 bits per heavy atom. The fraction of sp³-hybridized carbons (Fsp3) is 0.824. The molecule has 24 heavy (non-hydrogen) atoms. The molecule has 0 aromatic rings. The summed E-state index contributed by atoms with van der Waals surface area (Å²) in [6, 6.07) is 0. The van der Waals surface area contributed by atoms with Gasteiger partial charge >= 0.3 is 17.9 Å². The molecule has 1 rings (SSSR count). The third kappa shape index (κ3) is 37.0. The monoisotopic (exact) mass is 348 g/mol. The van der Waals surface area contributed by atoms with Gasteiger partial charge in [0, 0.05) is 19.3 Å². The first-order valence-electron chi connectivity index (χ1n) is 8.27. The molecule has 0 aliphatic carbocycles. The fourth-order valence-corrected chi connectivity index (χ4v) is 1.48. The number of hydrogen-bond acceptors (Lipinski definition) is 4. The van der Waals surface area contributed by atoms with Crippen molar-refractivity contribution >= 4 is 17.9 Å². The van der Waals surface area contributed by atoms with E-state index in [2.05, 4.69) is 25.5 Å². The van der Waals surface area contributed by atoms with Crippen LogP contribution in [-0.2, 0) is 19.1 Å². The third-order valence-electron chi connectivity index (χ3n) is 2.80. The largest absolute Gasteiger partial charge is 0.481 e. The topological polar surface area (TPSA) is 124 Å². The van der Waals surface area contributed by atoms with Crippen molar-refractivity contribution in [2.24, 2.45) is 5.41 Å². The number of epoxide rings is 1. The van der Waals surface area contributed by atoms with Crippen molar-refractivity contribution in [3.05, 3.63) is 0 Å².